The van der Waals surface area contributed by atoms with Crippen molar-refractivity contribution in [3.63, 3.8) is 0 Å². The maximum Gasteiger partial charge on any atom is 0.433 e. The molecule has 150 valence electrons. The van der Waals surface area contributed by atoms with Gasteiger partial charge in [0.1, 0.15) is 17.0 Å². The van der Waals surface area contributed by atoms with Crippen LogP contribution in [0.15, 0.2) is 60.7 Å². The summed E-state index contributed by atoms with van der Waals surface area (Å²) in [6.45, 7) is 0. The number of carbonyl (C=O) groups is 1. The number of hydrogen-bond acceptors (Lipinski definition) is 3. The Kier molecular flexibility index (Phi) is 4.09. The first-order chi connectivity index (χ1) is 14.4. The van der Waals surface area contributed by atoms with Crippen molar-refractivity contribution in [2.24, 2.45) is 0 Å². The van der Waals surface area contributed by atoms with E-state index in [0.29, 0.717) is 29.1 Å². The van der Waals surface area contributed by atoms with E-state index in [9.17, 15) is 18.0 Å². The fourth-order valence-corrected chi connectivity index (χ4v) is 3.69. The molecule has 0 aliphatic carbocycles. The van der Waals surface area contributed by atoms with E-state index >= 15 is 0 Å². The largest absolute Gasteiger partial charge is 0.433 e. The van der Waals surface area contributed by atoms with Crippen LogP contribution in [0, 0.1) is 0 Å². The number of halogens is 3. The molecule has 1 aliphatic heterocycles. The van der Waals surface area contributed by atoms with Gasteiger partial charge >= 0.3 is 6.18 Å². The third-order valence-corrected chi connectivity index (χ3v) is 5.04. The minimum Gasteiger partial charge on any atom is -0.326 e. The lowest BCUT2D eigenvalue weighted by molar-refractivity contribution is -0.141. The van der Waals surface area contributed by atoms with Gasteiger partial charge in [-0.2, -0.15) is 13.2 Å². The van der Waals surface area contributed by atoms with E-state index in [0.717, 1.165) is 17.2 Å². The number of fused-ring (bicyclic) bond motifs is 2. The quantitative estimate of drug-likeness (QED) is 0.542. The van der Waals surface area contributed by atoms with Crippen LogP contribution in [-0.4, -0.2) is 20.4 Å². The van der Waals surface area contributed by atoms with Gasteiger partial charge in [0, 0.05) is 17.8 Å². The van der Waals surface area contributed by atoms with Crippen molar-refractivity contribution in [1.82, 2.24) is 14.5 Å². The summed E-state index contributed by atoms with van der Waals surface area (Å²) < 4.78 is 41.5. The minimum atomic E-state index is -4.56. The maximum atomic E-state index is 13.3. The number of hydrogen-bond donors (Lipinski definition) is 1. The van der Waals surface area contributed by atoms with Crippen molar-refractivity contribution in [1.29, 1.82) is 0 Å². The van der Waals surface area contributed by atoms with Gasteiger partial charge in [-0.15, -0.1) is 0 Å². The molecule has 5 nitrogen and oxygen atoms in total. The molecular formula is C22H15F3N4O. The maximum absolute atomic E-state index is 13.3. The van der Waals surface area contributed by atoms with Crippen molar-refractivity contribution in [3.8, 4) is 5.69 Å². The summed E-state index contributed by atoms with van der Waals surface area (Å²) >= 11 is 0. The molecule has 0 saturated carbocycles. The first-order valence-electron chi connectivity index (χ1n) is 9.31. The molecule has 30 heavy (non-hydrogen) atoms. The van der Waals surface area contributed by atoms with Crippen molar-refractivity contribution >= 4 is 22.8 Å². The molecule has 0 atom stereocenters. The number of imidazole rings is 1. The molecule has 5 rings (SSSR count). The van der Waals surface area contributed by atoms with Crippen LogP contribution in [0.25, 0.3) is 16.9 Å². The van der Waals surface area contributed by atoms with E-state index in [2.05, 4.69) is 15.3 Å². The van der Waals surface area contributed by atoms with Crippen LogP contribution in [0.5, 0.6) is 0 Å². The fourth-order valence-electron chi connectivity index (χ4n) is 3.69. The van der Waals surface area contributed by atoms with Crippen molar-refractivity contribution in [3.05, 3.63) is 83.3 Å². The van der Waals surface area contributed by atoms with Gasteiger partial charge in [0.25, 0.3) is 0 Å². The summed E-state index contributed by atoms with van der Waals surface area (Å²) in [6, 6.07) is 17.1. The summed E-state index contributed by atoms with van der Waals surface area (Å²) in [6.07, 6.45) is -3.91. The SMILES string of the molecule is O=C1Cc2cc(-n3c(Cc4ccccc4)nc4ccc(C(F)(F)F)nc43)ccc2N1. The standard InChI is InChI=1S/C22H15F3N4O/c23-22(24,25)18-9-8-17-21(28-18)29(19(26-17)10-13-4-2-1-3-5-13)15-6-7-16-14(11-15)12-20(30)27-16/h1-9,11H,10,12H2,(H,27,30). The molecule has 2 aromatic carbocycles. The molecule has 0 saturated heterocycles. The Morgan fingerprint density at radius 3 is 2.57 bits per heavy atom. The third-order valence-electron chi connectivity index (χ3n) is 5.04. The Labute approximate surface area is 169 Å². The molecule has 1 amide bonds. The number of anilines is 1. The zero-order valence-electron chi connectivity index (χ0n) is 15.6. The molecule has 0 spiro atoms. The Balaban J connectivity index is 1.71. The van der Waals surface area contributed by atoms with Gasteiger partial charge in [0.05, 0.1) is 6.42 Å². The summed E-state index contributed by atoms with van der Waals surface area (Å²) in [5, 5.41) is 2.76. The van der Waals surface area contributed by atoms with Crippen LogP contribution < -0.4 is 5.32 Å². The van der Waals surface area contributed by atoms with Gasteiger partial charge in [0.15, 0.2) is 5.65 Å². The van der Waals surface area contributed by atoms with E-state index in [1.165, 1.54) is 6.07 Å². The Bertz CT molecular complexity index is 1280. The van der Waals surface area contributed by atoms with Crippen LogP contribution in [-0.2, 0) is 23.8 Å². The molecule has 0 fully saturated rings. The van der Waals surface area contributed by atoms with Gasteiger partial charge in [-0.25, -0.2) is 9.97 Å². The zero-order chi connectivity index (χ0) is 20.9. The van der Waals surface area contributed by atoms with Crippen LogP contribution in [0.3, 0.4) is 0 Å². The number of alkyl halides is 3. The van der Waals surface area contributed by atoms with Gasteiger partial charge in [-0.05, 0) is 41.5 Å². The number of carbonyl (C=O) groups excluding carboxylic acids is 1. The molecule has 0 radical (unpaired) electrons. The molecule has 0 unspecified atom stereocenters. The summed E-state index contributed by atoms with van der Waals surface area (Å²) in [4.78, 5) is 20.2. The van der Waals surface area contributed by atoms with Crippen LogP contribution in [0.4, 0.5) is 18.9 Å². The summed E-state index contributed by atoms with van der Waals surface area (Å²) in [5.74, 6) is 0.458. The van der Waals surface area contributed by atoms with Crippen molar-refractivity contribution in [2.45, 2.75) is 19.0 Å². The number of pyridine rings is 1. The van der Waals surface area contributed by atoms with Crippen molar-refractivity contribution in [2.75, 3.05) is 5.32 Å². The molecule has 1 aliphatic rings. The first-order valence-corrected chi connectivity index (χ1v) is 9.31. The van der Waals surface area contributed by atoms with E-state index in [-0.39, 0.29) is 18.0 Å². The molecule has 4 aromatic rings. The molecule has 1 N–H and O–H groups in total. The van der Waals surface area contributed by atoms with Crippen molar-refractivity contribution < 1.29 is 18.0 Å². The Morgan fingerprint density at radius 2 is 1.80 bits per heavy atom. The predicted octanol–water partition coefficient (Wildman–Crippen LogP) is 4.52. The number of rotatable bonds is 3. The lowest BCUT2D eigenvalue weighted by atomic mass is 10.1. The number of nitrogens with zero attached hydrogens (tertiary/aromatic N) is 3. The molecule has 8 heteroatoms. The Morgan fingerprint density at radius 1 is 1.00 bits per heavy atom. The third kappa shape index (κ3) is 3.20. The molecule has 3 heterocycles. The lowest BCUT2D eigenvalue weighted by Gasteiger charge is -2.12. The summed E-state index contributed by atoms with van der Waals surface area (Å²) in [5.41, 5.74) is 2.63. The average Bonchev–Trinajstić information content (AvgIpc) is 3.25. The highest BCUT2D eigenvalue weighted by atomic mass is 19.4. The van der Waals surface area contributed by atoms with Crippen LogP contribution in [0.2, 0.25) is 0 Å². The smallest absolute Gasteiger partial charge is 0.326 e. The normalized spacial score (nSPS) is 13.5. The fraction of sp³-hybridized carbons (Fsp3) is 0.136. The number of aromatic nitrogens is 3. The average molecular weight is 408 g/mol. The summed E-state index contributed by atoms with van der Waals surface area (Å²) in [7, 11) is 0. The highest BCUT2D eigenvalue weighted by molar-refractivity contribution is 5.99. The van der Waals surface area contributed by atoms with Gasteiger partial charge in [0.2, 0.25) is 5.91 Å². The van der Waals surface area contributed by atoms with Crippen LogP contribution >= 0.6 is 0 Å². The number of amides is 1. The number of nitrogens with one attached hydrogen (secondary N) is 1. The van der Waals surface area contributed by atoms with Gasteiger partial charge < -0.3 is 5.32 Å². The van der Waals surface area contributed by atoms with Crippen LogP contribution in [0.1, 0.15) is 22.6 Å². The van der Waals surface area contributed by atoms with E-state index in [1.54, 1.807) is 22.8 Å². The van der Waals surface area contributed by atoms with E-state index in [4.69, 9.17) is 0 Å². The van der Waals surface area contributed by atoms with E-state index in [1.807, 2.05) is 30.3 Å². The zero-order valence-corrected chi connectivity index (χ0v) is 15.6. The van der Waals surface area contributed by atoms with Gasteiger partial charge in [-0.1, -0.05) is 30.3 Å². The van der Waals surface area contributed by atoms with Gasteiger partial charge in [-0.3, -0.25) is 9.36 Å². The molecule has 2 aromatic heterocycles. The molecular weight excluding hydrogens is 393 g/mol. The highest BCUT2D eigenvalue weighted by Crippen LogP contribution is 2.32. The Hall–Kier alpha value is -3.68. The second-order valence-electron chi connectivity index (χ2n) is 7.13. The second kappa shape index (κ2) is 6.69. The topological polar surface area (TPSA) is 59.8 Å². The lowest BCUT2D eigenvalue weighted by Crippen LogP contribution is -2.09. The highest BCUT2D eigenvalue weighted by Gasteiger charge is 2.33. The molecule has 0 bridgehead atoms. The first kappa shape index (κ1) is 18.4. The minimum absolute atomic E-state index is 0.111. The van der Waals surface area contributed by atoms with E-state index < -0.39 is 11.9 Å². The number of benzene rings is 2. The monoisotopic (exact) mass is 408 g/mol. The predicted molar refractivity (Wildman–Crippen MR) is 105 cm³/mol. The second-order valence-corrected chi connectivity index (χ2v) is 7.13.